The van der Waals surface area contributed by atoms with Gasteiger partial charge in [0.25, 0.3) is 0 Å². The molecule has 2 heterocycles. The predicted octanol–water partition coefficient (Wildman–Crippen LogP) is 3.91. The van der Waals surface area contributed by atoms with Gasteiger partial charge >= 0.3 is 0 Å². The number of aromatic nitrogens is 2. The fourth-order valence-corrected chi connectivity index (χ4v) is 4.45. The van der Waals surface area contributed by atoms with Crippen molar-refractivity contribution in [1.82, 2.24) is 19.4 Å². The monoisotopic (exact) mass is 370 g/mol. The van der Waals surface area contributed by atoms with Gasteiger partial charge in [0.1, 0.15) is 5.82 Å². The van der Waals surface area contributed by atoms with Gasteiger partial charge in [-0.05, 0) is 72.7 Å². The molecule has 0 bridgehead atoms. The molecular weight excluding hydrogens is 336 g/mol. The van der Waals surface area contributed by atoms with Gasteiger partial charge in [-0.1, -0.05) is 12.1 Å². The maximum absolute atomic E-state index is 13.0. The van der Waals surface area contributed by atoms with Crippen molar-refractivity contribution in [3.8, 4) is 0 Å². The van der Waals surface area contributed by atoms with E-state index in [0.717, 1.165) is 50.4 Å². The van der Waals surface area contributed by atoms with Crippen LogP contribution in [0, 0.1) is 5.92 Å². The molecule has 1 amide bonds. The van der Waals surface area contributed by atoms with Gasteiger partial charge in [-0.2, -0.15) is 0 Å². The third kappa shape index (κ3) is 4.18. The molecule has 1 aromatic carbocycles. The molecule has 148 valence electrons. The molecule has 0 atom stereocenters. The van der Waals surface area contributed by atoms with Crippen molar-refractivity contribution in [3.05, 3.63) is 30.1 Å². The van der Waals surface area contributed by atoms with Gasteiger partial charge < -0.3 is 9.47 Å². The van der Waals surface area contributed by atoms with Gasteiger partial charge in [0.2, 0.25) is 5.91 Å². The van der Waals surface area contributed by atoms with Crippen LogP contribution < -0.4 is 0 Å². The number of benzene rings is 1. The number of likely N-dealkylation sites (tertiary alicyclic amines) is 1. The second-order valence-corrected chi connectivity index (χ2v) is 8.24. The molecule has 0 spiro atoms. The van der Waals surface area contributed by atoms with E-state index in [2.05, 4.69) is 67.2 Å². The van der Waals surface area contributed by atoms with Crippen LogP contribution >= 0.6 is 0 Å². The summed E-state index contributed by atoms with van der Waals surface area (Å²) in [6.45, 7) is 14.4. The van der Waals surface area contributed by atoms with Crippen LogP contribution in [0.1, 0.15) is 53.3 Å². The average Bonchev–Trinajstić information content (AvgIpc) is 2.98. The first-order valence-corrected chi connectivity index (χ1v) is 10.4. The van der Waals surface area contributed by atoms with E-state index < -0.39 is 0 Å². The van der Waals surface area contributed by atoms with E-state index in [0.29, 0.717) is 5.91 Å². The first-order valence-electron chi connectivity index (χ1n) is 10.4. The van der Waals surface area contributed by atoms with Crippen LogP contribution in [0.2, 0.25) is 0 Å². The molecular formula is C22H34N4O. The average molecular weight is 371 g/mol. The molecule has 27 heavy (non-hydrogen) atoms. The van der Waals surface area contributed by atoms with Crippen LogP contribution in [-0.4, -0.2) is 50.4 Å². The van der Waals surface area contributed by atoms with Crippen molar-refractivity contribution in [2.24, 2.45) is 5.92 Å². The summed E-state index contributed by atoms with van der Waals surface area (Å²) in [5.74, 6) is 1.63. The van der Waals surface area contributed by atoms with Crippen molar-refractivity contribution < 1.29 is 4.79 Å². The summed E-state index contributed by atoms with van der Waals surface area (Å²) in [4.78, 5) is 22.3. The summed E-state index contributed by atoms with van der Waals surface area (Å²) in [5.41, 5.74) is 2.29. The molecule has 5 heteroatoms. The lowest BCUT2D eigenvalue weighted by Crippen LogP contribution is -2.48. The maximum Gasteiger partial charge on any atom is 0.226 e. The second-order valence-electron chi connectivity index (χ2n) is 8.24. The third-order valence-corrected chi connectivity index (χ3v) is 5.72. The second kappa shape index (κ2) is 8.42. The molecule has 1 fully saturated rings. The molecule has 0 radical (unpaired) electrons. The van der Waals surface area contributed by atoms with E-state index >= 15 is 0 Å². The first-order chi connectivity index (χ1) is 12.9. The Kier molecular flexibility index (Phi) is 6.20. The molecule has 2 aromatic rings. The number of piperidine rings is 1. The Morgan fingerprint density at radius 2 is 1.78 bits per heavy atom. The number of carbonyl (C=O) groups excluding carboxylic acids is 1. The largest absolute Gasteiger partial charge is 0.338 e. The molecule has 3 rings (SSSR count). The molecule has 1 aliphatic heterocycles. The van der Waals surface area contributed by atoms with Crippen LogP contribution in [0.5, 0.6) is 0 Å². The lowest BCUT2D eigenvalue weighted by molar-refractivity contribution is -0.140. The normalized spacial score (nSPS) is 16.6. The van der Waals surface area contributed by atoms with E-state index in [-0.39, 0.29) is 18.0 Å². The van der Waals surface area contributed by atoms with Gasteiger partial charge in [-0.15, -0.1) is 0 Å². The zero-order chi connectivity index (χ0) is 19.6. The number of hydrogen-bond donors (Lipinski definition) is 0. The molecule has 0 saturated carbocycles. The van der Waals surface area contributed by atoms with Crippen molar-refractivity contribution in [1.29, 1.82) is 0 Å². The number of amides is 1. The molecule has 0 unspecified atom stereocenters. The zero-order valence-corrected chi connectivity index (χ0v) is 17.5. The summed E-state index contributed by atoms with van der Waals surface area (Å²) < 4.78 is 2.31. The molecule has 1 saturated heterocycles. The molecule has 0 aliphatic carbocycles. The maximum atomic E-state index is 13.0. The number of rotatable bonds is 6. The summed E-state index contributed by atoms with van der Waals surface area (Å²) in [6.07, 6.45) is 1.89. The highest BCUT2D eigenvalue weighted by Gasteiger charge is 2.31. The van der Waals surface area contributed by atoms with E-state index in [1.807, 2.05) is 6.07 Å². The molecule has 5 nitrogen and oxygen atoms in total. The Morgan fingerprint density at radius 1 is 1.15 bits per heavy atom. The van der Waals surface area contributed by atoms with Gasteiger partial charge in [0.15, 0.2) is 0 Å². The Balaban J connectivity index is 1.64. The number of imidazole rings is 1. The lowest BCUT2D eigenvalue weighted by Gasteiger charge is -2.37. The Hall–Kier alpha value is -1.88. The number of carbonyl (C=O) groups is 1. The van der Waals surface area contributed by atoms with Gasteiger partial charge in [0, 0.05) is 24.5 Å². The summed E-state index contributed by atoms with van der Waals surface area (Å²) in [7, 11) is 0. The van der Waals surface area contributed by atoms with Crippen molar-refractivity contribution in [3.63, 3.8) is 0 Å². The summed E-state index contributed by atoms with van der Waals surface area (Å²) in [5, 5.41) is 0. The number of hydrogen-bond acceptors (Lipinski definition) is 3. The minimum Gasteiger partial charge on any atom is -0.338 e. The van der Waals surface area contributed by atoms with Crippen LogP contribution in [0.15, 0.2) is 24.3 Å². The summed E-state index contributed by atoms with van der Waals surface area (Å²) in [6, 6.07) is 8.88. The smallest absolute Gasteiger partial charge is 0.226 e. The van der Waals surface area contributed by atoms with E-state index in [1.54, 1.807) is 0 Å². The van der Waals surface area contributed by atoms with Crippen LogP contribution in [-0.2, 0) is 17.9 Å². The minimum atomic E-state index is 0.163. The number of aryl methyl sites for hydroxylation is 1. The summed E-state index contributed by atoms with van der Waals surface area (Å²) >= 11 is 0. The highest BCUT2D eigenvalue weighted by Crippen LogP contribution is 2.24. The van der Waals surface area contributed by atoms with E-state index in [1.165, 1.54) is 5.52 Å². The number of para-hydroxylation sites is 2. The fourth-order valence-electron chi connectivity index (χ4n) is 4.45. The first kappa shape index (κ1) is 19.9. The Labute approximate surface area is 163 Å². The van der Waals surface area contributed by atoms with E-state index in [4.69, 9.17) is 4.98 Å². The van der Waals surface area contributed by atoms with Gasteiger partial charge in [0.05, 0.1) is 17.6 Å². The van der Waals surface area contributed by atoms with Crippen LogP contribution in [0.25, 0.3) is 11.0 Å². The van der Waals surface area contributed by atoms with Crippen molar-refractivity contribution in [2.45, 2.75) is 72.6 Å². The van der Waals surface area contributed by atoms with Crippen LogP contribution in [0.4, 0.5) is 0 Å². The standard InChI is InChI=1S/C22H34N4O/c1-6-25-20-10-8-7-9-19(20)23-21(25)15-24-13-11-18(12-14-24)22(27)26(16(2)3)17(4)5/h7-10,16-18H,6,11-15H2,1-5H3. The van der Waals surface area contributed by atoms with Gasteiger partial charge in [-0.3, -0.25) is 9.69 Å². The third-order valence-electron chi connectivity index (χ3n) is 5.72. The van der Waals surface area contributed by atoms with E-state index in [9.17, 15) is 4.79 Å². The highest BCUT2D eigenvalue weighted by molar-refractivity contribution is 5.79. The van der Waals surface area contributed by atoms with Crippen molar-refractivity contribution in [2.75, 3.05) is 13.1 Å². The van der Waals surface area contributed by atoms with Gasteiger partial charge in [-0.25, -0.2) is 4.98 Å². The lowest BCUT2D eigenvalue weighted by atomic mass is 9.94. The predicted molar refractivity (Wildman–Crippen MR) is 111 cm³/mol. The number of nitrogens with zero attached hydrogens (tertiary/aromatic N) is 4. The van der Waals surface area contributed by atoms with Crippen molar-refractivity contribution >= 4 is 16.9 Å². The fraction of sp³-hybridized carbons (Fsp3) is 0.636. The van der Waals surface area contributed by atoms with Crippen LogP contribution in [0.3, 0.4) is 0 Å². The molecule has 1 aromatic heterocycles. The Bertz CT molecular complexity index is 764. The quantitative estimate of drug-likeness (QED) is 0.774. The SMILES string of the molecule is CCn1c(CN2CCC(C(=O)N(C(C)C)C(C)C)CC2)nc2ccccc21. The zero-order valence-electron chi connectivity index (χ0n) is 17.5. The minimum absolute atomic E-state index is 0.163. The Morgan fingerprint density at radius 3 is 2.37 bits per heavy atom. The molecule has 1 aliphatic rings. The highest BCUT2D eigenvalue weighted by atomic mass is 16.2. The number of fused-ring (bicyclic) bond motifs is 1. The topological polar surface area (TPSA) is 41.4 Å². The molecule has 0 N–H and O–H groups in total.